The first-order valence-electron chi connectivity index (χ1n) is 7.37. The molecule has 0 aliphatic heterocycles. The lowest BCUT2D eigenvalue weighted by Crippen LogP contribution is -2.12. The molecule has 0 aliphatic rings. The van der Waals surface area contributed by atoms with Gasteiger partial charge in [-0.2, -0.15) is 0 Å². The Morgan fingerprint density at radius 2 is 2.00 bits per heavy atom. The van der Waals surface area contributed by atoms with Crippen LogP contribution in [0.15, 0.2) is 40.9 Å². The smallest absolute Gasteiger partial charge is 0.255 e. The quantitative estimate of drug-likeness (QED) is 0.802. The molecule has 0 bridgehead atoms. The Kier molecular flexibility index (Phi) is 6.19. The minimum absolute atomic E-state index is 0.160. The van der Waals surface area contributed by atoms with Crippen LogP contribution >= 0.6 is 15.9 Å². The molecule has 2 rings (SSSR count). The molecule has 0 aliphatic carbocycles. The highest BCUT2D eigenvalue weighted by molar-refractivity contribution is 9.10. The highest BCUT2D eigenvalue weighted by atomic mass is 79.9. The van der Waals surface area contributed by atoms with Crippen LogP contribution in [-0.4, -0.2) is 19.6 Å². The second kappa shape index (κ2) is 8.13. The Hall–Kier alpha value is -1.85. The summed E-state index contributed by atoms with van der Waals surface area (Å²) in [6.45, 7) is 4.93. The summed E-state index contributed by atoms with van der Waals surface area (Å²) in [6.07, 6.45) is 0. The summed E-state index contributed by atoms with van der Waals surface area (Å²) in [5.41, 5.74) is 3.25. The molecule has 0 unspecified atom stereocenters. The molecule has 5 heteroatoms. The summed E-state index contributed by atoms with van der Waals surface area (Å²) >= 11 is 3.45. The lowest BCUT2D eigenvalue weighted by Gasteiger charge is -2.11. The maximum absolute atomic E-state index is 12.4. The van der Waals surface area contributed by atoms with Crippen LogP contribution in [0, 0.1) is 6.92 Å². The number of halogens is 1. The molecule has 0 heterocycles. The summed E-state index contributed by atoms with van der Waals surface area (Å²) < 4.78 is 11.7. The Labute approximate surface area is 144 Å². The zero-order chi connectivity index (χ0) is 16.8. The van der Waals surface area contributed by atoms with Crippen LogP contribution in [0.4, 0.5) is 5.69 Å². The molecule has 0 aromatic heterocycles. The molecule has 0 fully saturated rings. The van der Waals surface area contributed by atoms with Crippen molar-refractivity contribution >= 4 is 27.5 Å². The highest BCUT2D eigenvalue weighted by Crippen LogP contribution is 2.23. The third kappa shape index (κ3) is 4.56. The van der Waals surface area contributed by atoms with Crippen LogP contribution in [0.3, 0.4) is 0 Å². The fourth-order valence-corrected chi connectivity index (χ4v) is 2.42. The molecule has 0 saturated carbocycles. The van der Waals surface area contributed by atoms with Crippen LogP contribution in [0.25, 0.3) is 0 Å². The van der Waals surface area contributed by atoms with Gasteiger partial charge in [-0.15, -0.1) is 0 Å². The molecule has 1 amide bonds. The molecular weight excluding hydrogens is 358 g/mol. The molecule has 4 nitrogen and oxygen atoms in total. The SMILES string of the molecule is CCOCc1cc(C(=O)Nc2ccc(Br)c(C)c2)ccc1OC. The van der Waals surface area contributed by atoms with E-state index in [0.29, 0.717) is 18.8 Å². The van der Waals surface area contributed by atoms with Crippen LogP contribution in [0.2, 0.25) is 0 Å². The van der Waals surface area contributed by atoms with Gasteiger partial charge in [0.15, 0.2) is 0 Å². The van der Waals surface area contributed by atoms with Gasteiger partial charge in [0.2, 0.25) is 0 Å². The number of methoxy groups -OCH3 is 1. The summed E-state index contributed by atoms with van der Waals surface area (Å²) in [7, 11) is 1.61. The summed E-state index contributed by atoms with van der Waals surface area (Å²) in [4.78, 5) is 12.4. The zero-order valence-corrected chi connectivity index (χ0v) is 15.1. The van der Waals surface area contributed by atoms with E-state index in [1.807, 2.05) is 32.0 Å². The molecule has 1 N–H and O–H groups in total. The van der Waals surface area contributed by atoms with Gasteiger partial charge in [-0.25, -0.2) is 0 Å². The van der Waals surface area contributed by atoms with Crippen molar-refractivity contribution in [3.63, 3.8) is 0 Å². The van der Waals surface area contributed by atoms with E-state index in [1.54, 1.807) is 25.3 Å². The minimum Gasteiger partial charge on any atom is -0.496 e. The van der Waals surface area contributed by atoms with Crippen LogP contribution in [0.5, 0.6) is 5.75 Å². The van der Waals surface area contributed by atoms with Gasteiger partial charge in [0.05, 0.1) is 13.7 Å². The average Bonchev–Trinajstić information content (AvgIpc) is 2.56. The Morgan fingerprint density at radius 3 is 2.65 bits per heavy atom. The third-order valence-corrected chi connectivity index (χ3v) is 4.31. The van der Waals surface area contributed by atoms with Crippen LogP contribution < -0.4 is 10.1 Å². The monoisotopic (exact) mass is 377 g/mol. The molecule has 0 spiro atoms. The van der Waals surface area contributed by atoms with Gasteiger partial charge >= 0.3 is 0 Å². The third-order valence-electron chi connectivity index (χ3n) is 3.42. The topological polar surface area (TPSA) is 47.6 Å². The normalized spacial score (nSPS) is 10.4. The maximum Gasteiger partial charge on any atom is 0.255 e. The average molecular weight is 378 g/mol. The van der Waals surface area contributed by atoms with E-state index in [0.717, 1.165) is 27.0 Å². The van der Waals surface area contributed by atoms with Crippen molar-refractivity contribution in [2.24, 2.45) is 0 Å². The fraction of sp³-hybridized carbons (Fsp3) is 0.278. The number of aryl methyl sites for hydroxylation is 1. The Morgan fingerprint density at radius 1 is 1.22 bits per heavy atom. The first-order valence-corrected chi connectivity index (χ1v) is 8.16. The van der Waals surface area contributed by atoms with E-state index in [1.165, 1.54) is 0 Å². The number of carbonyl (C=O) groups excluding carboxylic acids is 1. The van der Waals surface area contributed by atoms with E-state index in [9.17, 15) is 4.79 Å². The maximum atomic E-state index is 12.4. The molecule has 0 atom stereocenters. The molecular formula is C18H20BrNO3. The van der Waals surface area contributed by atoms with E-state index >= 15 is 0 Å². The van der Waals surface area contributed by atoms with Gasteiger partial charge in [0.1, 0.15) is 5.75 Å². The van der Waals surface area contributed by atoms with E-state index < -0.39 is 0 Å². The van der Waals surface area contributed by atoms with E-state index in [2.05, 4.69) is 21.2 Å². The molecule has 2 aromatic carbocycles. The molecule has 122 valence electrons. The number of ether oxygens (including phenoxy) is 2. The lowest BCUT2D eigenvalue weighted by atomic mass is 10.1. The summed E-state index contributed by atoms with van der Waals surface area (Å²) in [5.74, 6) is 0.557. The standard InChI is InChI=1S/C18H20BrNO3/c1-4-23-11-14-10-13(5-8-17(14)22-3)18(21)20-15-6-7-16(19)12(2)9-15/h5-10H,4,11H2,1-3H3,(H,20,21). The zero-order valence-electron chi connectivity index (χ0n) is 13.5. The molecule has 0 radical (unpaired) electrons. The number of hydrogen-bond donors (Lipinski definition) is 1. The van der Waals surface area contributed by atoms with Gasteiger partial charge in [0.25, 0.3) is 5.91 Å². The van der Waals surface area contributed by atoms with Gasteiger partial charge < -0.3 is 14.8 Å². The number of amides is 1. The minimum atomic E-state index is -0.160. The summed E-state index contributed by atoms with van der Waals surface area (Å²) in [5, 5.41) is 2.91. The first kappa shape index (κ1) is 17.5. The van der Waals surface area contributed by atoms with Crippen LogP contribution in [0.1, 0.15) is 28.4 Å². The molecule has 0 saturated heterocycles. The number of anilines is 1. The van der Waals surface area contributed by atoms with E-state index in [4.69, 9.17) is 9.47 Å². The van der Waals surface area contributed by atoms with Gasteiger partial charge in [-0.05, 0) is 55.8 Å². The second-order valence-corrected chi connectivity index (χ2v) is 5.94. The van der Waals surface area contributed by atoms with Crippen molar-refractivity contribution < 1.29 is 14.3 Å². The van der Waals surface area contributed by atoms with Crippen molar-refractivity contribution in [1.82, 2.24) is 0 Å². The number of hydrogen-bond acceptors (Lipinski definition) is 3. The Bertz CT molecular complexity index is 701. The number of benzene rings is 2. The van der Waals surface area contributed by atoms with Crippen molar-refractivity contribution in [3.8, 4) is 5.75 Å². The second-order valence-electron chi connectivity index (χ2n) is 5.08. The van der Waals surface area contributed by atoms with Crippen molar-refractivity contribution in [2.45, 2.75) is 20.5 Å². The predicted octanol–water partition coefficient (Wildman–Crippen LogP) is 4.55. The number of carbonyl (C=O) groups is 1. The summed E-state index contributed by atoms with van der Waals surface area (Å²) in [6, 6.07) is 11.0. The Balaban J connectivity index is 2.19. The number of rotatable bonds is 6. The fourth-order valence-electron chi connectivity index (χ4n) is 2.17. The predicted molar refractivity (Wildman–Crippen MR) is 95.2 cm³/mol. The van der Waals surface area contributed by atoms with Crippen molar-refractivity contribution in [3.05, 3.63) is 57.6 Å². The van der Waals surface area contributed by atoms with Gasteiger partial charge in [-0.1, -0.05) is 15.9 Å². The van der Waals surface area contributed by atoms with Crippen LogP contribution in [-0.2, 0) is 11.3 Å². The molecule has 23 heavy (non-hydrogen) atoms. The van der Waals surface area contributed by atoms with Crippen molar-refractivity contribution in [1.29, 1.82) is 0 Å². The van der Waals surface area contributed by atoms with E-state index in [-0.39, 0.29) is 5.91 Å². The lowest BCUT2D eigenvalue weighted by molar-refractivity contribution is 0.102. The van der Waals surface area contributed by atoms with Gasteiger partial charge in [0, 0.05) is 27.9 Å². The van der Waals surface area contributed by atoms with Gasteiger partial charge in [-0.3, -0.25) is 4.79 Å². The first-order chi connectivity index (χ1) is 11.0. The highest BCUT2D eigenvalue weighted by Gasteiger charge is 2.11. The van der Waals surface area contributed by atoms with Crippen molar-refractivity contribution in [2.75, 3.05) is 19.0 Å². The largest absolute Gasteiger partial charge is 0.496 e. The number of nitrogens with one attached hydrogen (secondary N) is 1. The molecule has 2 aromatic rings.